The van der Waals surface area contributed by atoms with Gasteiger partial charge in [0.05, 0.1) is 5.56 Å². The van der Waals surface area contributed by atoms with Crippen LogP contribution < -0.4 is 5.73 Å². The molecule has 2 nitrogen and oxygen atoms in total. The third-order valence-corrected chi connectivity index (χ3v) is 3.47. The van der Waals surface area contributed by atoms with Crippen LogP contribution in [0.1, 0.15) is 30.0 Å². The summed E-state index contributed by atoms with van der Waals surface area (Å²) >= 11 is 0. The molecule has 0 radical (unpaired) electrons. The molecule has 1 fully saturated rings. The monoisotopic (exact) mass is 277 g/mol. The molecule has 1 aromatic rings. The molecule has 0 aromatic heterocycles. The van der Waals surface area contributed by atoms with Crippen molar-refractivity contribution in [2.24, 2.45) is 11.7 Å². The first-order valence-corrected chi connectivity index (χ1v) is 6.10. The van der Waals surface area contributed by atoms with E-state index in [4.69, 9.17) is 10.5 Å². The minimum atomic E-state index is -4.60. The molecule has 2 N–H and O–H groups in total. The van der Waals surface area contributed by atoms with Crippen molar-refractivity contribution in [2.75, 3.05) is 13.2 Å². The van der Waals surface area contributed by atoms with E-state index in [1.54, 1.807) is 0 Å². The summed E-state index contributed by atoms with van der Waals surface area (Å²) in [6.07, 6.45) is -3.50. The molecule has 19 heavy (non-hydrogen) atoms. The van der Waals surface area contributed by atoms with Gasteiger partial charge in [-0.2, -0.15) is 13.2 Å². The maximum Gasteiger partial charge on any atom is 0.416 e. The lowest BCUT2D eigenvalue weighted by atomic mass is 9.85. The van der Waals surface area contributed by atoms with Crippen LogP contribution in [0.3, 0.4) is 0 Å². The fourth-order valence-electron chi connectivity index (χ4n) is 2.43. The molecule has 1 saturated heterocycles. The van der Waals surface area contributed by atoms with Crippen molar-refractivity contribution in [3.8, 4) is 0 Å². The van der Waals surface area contributed by atoms with Crippen molar-refractivity contribution in [3.63, 3.8) is 0 Å². The van der Waals surface area contributed by atoms with Gasteiger partial charge >= 0.3 is 6.18 Å². The quantitative estimate of drug-likeness (QED) is 0.842. The zero-order valence-electron chi connectivity index (χ0n) is 10.2. The van der Waals surface area contributed by atoms with E-state index in [2.05, 4.69) is 0 Å². The summed E-state index contributed by atoms with van der Waals surface area (Å²) in [6.45, 7) is 0.905. The predicted octanol–water partition coefficient (Wildman–Crippen LogP) is 3.27. The molecule has 0 aliphatic carbocycles. The fraction of sp³-hybridized carbons (Fsp3) is 0.538. The first-order chi connectivity index (χ1) is 8.91. The van der Waals surface area contributed by atoms with Gasteiger partial charge in [-0.05, 0) is 30.9 Å². The number of hydrogen-bond acceptors (Lipinski definition) is 2. The third kappa shape index (κ3) is 3.06. The molecule has 1 aliphatic rings. The van der Waals surface area contributed by atoms with Crippen molar-refractivity contribution in [1.82, 2.24) is 0 Å². The zero-order chi connectivity index (χ0) is 14.0. The Kier molecular flexibility index (Phi) is 4.10. The van der Waals surface area contributed by atoms with Gasteiger partial charge in [-0.25, -0.2) is 4.39 Å². The maximum atomic E-state index is 13.8. The van der Waals surface area contributed by atoms with E-state index < -0.39 is 29.2 Å². The number of nitrogens with two attached hydrogens (primary N) is 1. The highest BCUT2D eigenvalue weighted by Crippen LogP contribution is 2.39. The van der Waals surface area contributed by atoms with Crippen LogP contribution >= 0.6 is 0 Å². The summed E-state index contributed by atoms with van der Waals surface area (Å²) in [7, 11) is 0. The second-order valence-corrected chi connectivity index (χ2v) is 4.67. The molecule has 1 aromatic carbocycles. The molecular formula is C13H15F4NO. The number of hydrogen-bond donors (Lipinski definition) is 1. The highest BCUT2D eigenvalue weighted by atomic mass is 19.4. The summed E-state index contributed by atoms with van der Waals surface area (Å²) < 4.78 is 57.6. The highest BCUT2D eigenvalue weighted by molar-refractivity contribution is 5.34. The van der Waals surface area contributed by atoms with Crippen LogP contribution in [0.4, 0.5) is 17.6 Å². The summed E-state index contributed by atoms with van der Waals surface area (Å²) in [4.78, 5) is 0. The zero-order valence-corrected chi connectivity index (χ0v) is 10.2. The molecule has 106 valence electrons. The Morgan fingerprint density at radius 1 is 1.21 bits per heavy atom. The first kappa shape index (κ1) is 14.3. The number of halogens is 4. The Morgan fingerprint density at radius 2 is 1.84 bits per heavy atom. The molecule has 1 aliphatic heterocycles. The molecule has 1 atom stereocenters. The van der Waals surface area contributed by atoms with Gasteiger partial charge in [-0.3, -0.25) is 0 Å². The third-order valence-electron chi connectivity index (χ3n) is 3.47. The van der Waals surface area contributed by atoms with E-state index in [1.807, 2.05) is 0 Å². The van der Waals surface area contributed by atoms with Crippen LogP contribution in [0.5, 0.6) is 0 Å². The van der Waals surface area contributed by atoms with Gasteiger partial charge in [0.2, 0.25) is 0 Å². The lowest BCUT2D eigenvalue weighted by Crippen LogP contribution is -2.30. The van der Waals surface area contributed by atoms with Gasteiger partial charge in [0.1, 0.15) is 5.82 Å². The molecule has 0 bridgehead atoms. The molecule has 0 saturated carbocycles. The van der Waals surface area contributed by atoms with Crippen molar-refractivity contribution >= 4 is 0 Å². The van der Waals surface area contributed by atoms with Gasteiger partial charge in [-0.1, -0.05) is 6.07 Å². The van der Waals surface area contributed by atoms with Crippen molar-refractivity contribution in [1.29, 1.82) is 0 Å². The van der Waals surface area contributed by atoms with Gasteiger partial charge in [-0.15, -0.1) is 0 Å². The standard InChI is InChI=1S/C13H15F4NO/c14-10-3-1-2-9(13(15,16)17)11(10)12(18)8-4-6-19-7-5-8/h1-3,8,12H,4-7,18H2/t12-/m1/s1. The fourth-order valence-corrected chi connectivity index (χ4v) is 2.43. The Bertz CT molecular complexity index is 441. The topological polar surface area (TPSA) is 35.2 Å². The van der Waals surface area contributed by atoms with Crippen molar-refractivity contribution < 1.29 is 22.3 Å². The number of benzene rings is 1. The average Bonchev–Trinajstić information content (AvgIpc) is 2.37. The van der Waals surface area contributed by atoms with Gasteiger partial charge in [0.15, 0.2) is 0 Å². The van der Waals surface area contributed by atoms with Crippen molar-refractivity contribution in [2.45, 2.75) is 25.1 Å². The molecule has 1 heterocycles. The van der Waals surface area contributed by atoms with E-state index in [1.165, 1.54) is 0 Å². The number of ether oxygens (including phenoxy) is 1. The van der Waals surface area contributed by atoms with E-state index in [9.17, 15) is 17.6 Å². The van der Waals surface area contributed by atoms with E-state index in [-0.39, 0.29) is 5.92 Å². The minimum Gasteiger partial charge on any atom is -0.381 e. The molecule has 0 unspecified atom stereocenters. The smallest absolute Gasteiger partial charge is 0.381 e. The Hall–Kier alpha value is -1.14. The SMILES string of the molecule is N[C@@H](c1c(F)cccc1C(F)(F)F)C1CCOCC1. The Labute approximate surface area is 108 Å². The Morgan fingerprint density at radius 3 is 2.42 bits per heavy atom. The van der Waals surface area contributed by atoms with Crippen LogP contribution in [0, 0.1) is 11.7 Å². The lowest BCUT2D eigenvalue weighted by molar-refractivity contribution is -0.138. The van der Waals surface area contributed by atoms with Crippen LogP contribution in [0.25, 0.3) is 0 Å². The van der Waals surface area contributed by atoms with Crippen molar-refractivity contribution in [3.05, 3.63) is 35.1 Å². The predicted molar refractivity (Wildman–Crippen MR) is 61.9 cm³/mol. The van der Waals surface area contributed by atoms with Crippen LogP contribution in [0.2, 0.25) is 0 Å². The molecule has 0 spiro atoms. The molecule has 2 rings (SSSR count). The first-order valence-electron chi connectivity index (χ1n) is 6.10. The summed E-state index contributed by atoms with van der Waals surface area (Å²) in [5, 5.41) is 0. The summed E-state index contributed by atoms with van der Waals surface area (Å²) in [5.74, 6) is -1.08. The summed E-state index contributed by atoms with van der Waals surface area (Å²) in [5.41, 5.74) is 4.46. The Balaban J connectivity index is 2.37. The molecule has 0 amide bonds. The van der Waals surface area contributed by atoms with E-state index >= 15 is 0 Å². The molecular weight excluding hydrogens is 262 g/mol. The second kappa shape index (κ2) is 5.46. The van der Waals surface area contributed by atoms with Gasteiger partial charge in [0.25, 0.3) is 0 Å². The van der Waals surface area contributed by atoms with E-state index in [0.717, 1.165) is 18.2 Å². The molecule has 6 heteroatoms. The maximum absolute atomic E-state index is 13.8. The van der Waals surface area contributed by atoms with Crippen LogP contribution in [0.15, 0.2) is 18.2 Å². The second-order valence-electron chi connectivity index (χ2n) is 4.67. The number of rotatable bonds is 2. The normalized spacial score (nSPS) is 19.4. The van der Waals surface area contributed by atoms with Gasteiger partial charge < -0.3 is 10.5 Å². The number of alkyl halides is 3. The summed E-state index contributed by atoms with van der Waals surface area (Å²) in [6, 6.07) is 1.99. The minimum absolute atomic E-state index is 0.188. The lowest BCUT2D eigenvalue weighted by Gasteiger charge is -2.29. The average molecular weight is 277 g/mol. The van der Waals surface area contributed by atoms with Crippen LogP contribution in [-0.4, -0.2) is 13.2 Å². The van der Waals surface area contributed by atoms with E-state index in [0.29, 0.717) is 26.1 Å². The van der Waals surface area contributed by atoms with Gasteiger partial charge in [0, 0.05) is 24.8 Å². The highest BCUT2D eigenvalue weighted by Gasteiger charge is 2.37. The van der Waals surface area contributed by atoms with Crippen LogP contribution in [-0.2, 0) is 10.9 Å². The largest absolute Gasteiger partial charge is 0.416 e.